The first-order chi connectivity index (χ1) is 7.24. The van der Waals surface area contributed by atoms with Crippen LogP contribution < -0.4 is 5.32 Å². The van der Waals surface area contributed by atoms with E-state index in [-0.39, 0.29) is 0 Å². The molecule has 0 radical (unpaired) electrons. The number of halogens is 2. The molecule has 2 nitrogen and oxygen atoms in total. The zero-order chi connectivity index (χ0) is 11.1. The van der Waals surface area contributed by atoms with Crippen molar-refractivity contribution in [1.82, 2.24) is 5.32 Å². The van der Waals surface area contributed by atoms with Crippen molar-refractivity contribution in [2.45, 2.75) is 13.5 Å². The van der Waals surface area contributed by atoms with Gasteiger partial charge >= 0.3 is 0 Å². The molecule has 0 bridgehead atoms. The molecular weight excluding hydrogens is 277 g/mol. The van der Waals surface area contributed by atoms with Gasteiger partial charge < -0.3 is 10.1 Å². The number of benzene rings is 1. The molecule has 0 saturated heterocycles. The summed E-state index contributed by atoms with van der Waals surface area (Å²) in [6.45, 7) is 5.20. The lowest BCUT2D eigenvalue weighted by atomic mass is 10.2. The first-order valence-electron chi connectivity index (χ1n) is 4.96. The lowest BCUT2D eigenvalue weighted by Gasteiger charge is -2.06. The van der Waals surface area contributed by atoms with Crippen molar-refractivity contribution in [2.75, 3.05) is 19.8 Å². The van der Waals surface area contributed by atoms with E-state index in [9.17, 15) is 0 Å². The summed E-state index contributed by atoms with van der Waals surface area (Å²) >= 11 is 9.34. The van der Waals surface area contributed by atoms with Crippen LogP contribution >= 0.6 is 27.5 Å². The molecule has 1 rings (SSSR count). The Balaban J connectivity index is 2.28. The van der Waals surface area contributed by atoms with Crippen LogP contribution in [-0.2, 0) is 11.3 Å². The molecule has 0 aromatic heterocycles. The first kappa shape index (κ1) is 13.0. The van der Waals surface area contributed by atoms with Crippen molar-refractivity contribution in [2.24, 2.45) is 0 Å². The van der Waals surface area contributed by atoms with Crippen molar-refractivity contribution in [3.8, 4) is 0 Å². The normalized spacial score (nSPS) is 10.6. The third kappa shape index (κ3) is 4.98. The Morgan fingerprint density at radius 3 is 2.93 bits per heavy atom. The van der Waals surface area contributed by atoms with E-state index in [0.29, 0.717) is 0 Å². The second-order valence-corrected chi connectivity index (χ2v) is 4.38. The highest BCUT2D eigenvalue weighted by atomic mass is 79.9. The van der Waals surface area contributed by atoms with Crippen molar-refractivity contribution >= 4 is 27.5 Å². The van der Waals surface area contributed by atoms with Crippen LogP contribution in [0.2, 0.25) is 5.02 Å². The van der Waals surface area contributed by atoms with Crippen molar-refractivity contribution in [3.05, 3.63) is 33.3 Å². The van der Waals surface area contributed by atoms with Crippen molar-refractivity contribution in [3.63, 3.8) is 0 Å². The number of hydrogen-bond acceptors (Lipinski definition) is 2. The molecule has 4 heteroatoms. The first-order valence-corrected chi connectivity index (χ1v) is 6.13. The average Bonchev–Trinajstić information content (AvgIpc) is 2.23. The Labute approximate surface area is 104 Å². The molecule has 0 heterocycles. The Morgan fingerprint density at radius 2 is 2.27 bits per heavy atom. The zero-order valence-corrected chi connectivity index (χ0v) is 11.1. The Kier molecular flexibility index (Phi) is 6.25. The topological polar surface area (TPSA) is 21.3 Å². The number of rotatable bonds is 6. The summed E-state index contributed by atoms with van der Waals surface area (Å²) in [6, 6.07) is 5.96. The highest BCUT2D eigenvalue weighted by Crippen LogP contribution is 2.22. The zero-order valence-electron chi connectivity index (χ0n) is 8.72. The van der Waals surface area contributed by atoms with E-state index < -0.39 is 0 Å². The Hall–Kier alpha value is -0.0900. The number of ether oxygens (including phenoxy) is 1. The van der Waals surface area contributed by atoms with Gasteiger partial charge in [-0.25, -0.2) is 0 Å². The van der Waals surface area contributed by atoms with Crippen molar-refractivity contribution < 1.29 is 4.74 Å². The predicted octanol–water partition coefficient (Wildman–Crippen LogP) is 3.23. The van der Waals surface area contributed by atoms with Crippen LogP contribution in [-0.4, -0.2) is 19.8 Å². The van der Waals surface area contributed by atoms with E-state index in [4.69, 9.17) is 16.3 Å². The van der Waals surface area contributed by atoms with Gasteiger partial charge in [-0.3, -0.25) is 0 Å². The highest BCUT2D eigenvalue weighted by molar-refractivity contribution is 9.10. The summed E-state index contributed by atoms with van der Waals surface area (Å²) in [7, 11) is 0. The summed E-state index contributed by atoms with van der Waals surface area (Å²) in [4.78, 5) is 0. The van der Waals surface area contributed by atoms with Gasteiger partial charge in [-0.05, 0) is 40.5 Å². The molecule has 0 amide bonds. The molecule has 84 valence electrons. The van der Waals surface area contributed by atoms with Crippen LogP contribution in [0.15, 0.2) is 22.7 Å². The van der Waals surface area contributed by atoms with Gasteiger partial charge in [-0.2, -0.15) is 0 Å². The van der Waals surface area contributed by atoms with Crippen LogP contribution in [0.1, 0.15) is 12.5 Å². The van der Waals surface area contributed by atoms with Gasteiger partial charge in [0.05, 0.1) is 11.6 Å². The Morgan fingerprint density at radius 1 is 1.47 bits per heavy atom. The maximum Gasteiger partial charge on any atom is 0.0590 e. The van der Waals surface area contributed by atoms with Crippen LogP contribution in [0.5, 0.6) is 0 Å². The minimum Gasteiger partial charge on any atom is -0.380 e. The standard InChI is InChI=1S/C11H15BrClNO/c1-2-15-6-5-14-8-9-3-4-10(12)11(13)7-9/h3-4,7,14H,2,5-6,8H2,1H3. The minimum absolute atomic E-state index is 0.749. The van der Waals surface area contributed by atoms with E-state index in [1.807, 2.05) is 25.1 Å². The van der Waals surface area contributed by atoms with Crippen LogP contribution in [0.3, 0.4) is 0 Å². The SMILES string of the molecule is CCOCCNCc1ccc(Br)c(Cl)c1. The molecule has 0 aliphatic rings. The smallest absolute Gasteiger partial charge is 0.0590 e. The van der Waals surface area contributed by atoms with Gasteiger partial charge in [0.25, 0.3) is 0 Å². The summed E-state index contributed by atoms with van der Waals surface area (Å²) in [5.41, 5.74) is 1.18. The fraction of sp³-hybridized carbons (Fsp3) is 0.455. The molecule has 0 spiro atoms. The number of hydrogen-bond donors (Lipinski definition) is 1. The van der Waals surface area contributed by atoms with Gasteiger partial charge in [-0.1, -0.05) is 17.7 Å². The molecular formula is C11H15BrClNO. The highest BCUT2D eigenvalue weighted by Gasteiger charge is 1.98. The molecule has 0 fully saturated rings. The third-order valence-electron chi connectivity index (χ3n) is 1.94. The van der Waals surface area contributed by atoms with E-state index in [2.05, 4.69) is 21.2 Å². The lowest BCUT2D eigenvalue weighted by Crippen LogP contribution is -2.19. The van der Waals surface area contributed by atoms with Crippen molar-refractivity contribution in [1.29, 1.82) is 0 Å². The van der Waals surface area contributed by atoms with Gasteiger partial charge in [0, 0.05) is 24.2 Å². The van der Waals surface area contributed by atoms with Crippen LogP contribution in [0.25, 0.3) is 0 Å². The molecule has 0 saturated carbocycles. The van der Waals surface area contributed by atoms with Gasteiger partial charge in [0.1, 0.15) is 0 Å². The fourth-order valence-electron chi connectivity index (χ4n) is 1.17. The molecule has 0 atom stereocenters. The van der Waals surface area contributed by atoms with E-state index >= 15 is 0 Å². The fourth-order valence-corrected chi connectivity index (χ4v) is 1.62. The minimum atomic E-state index is 0.749. The average molecular weight is 293 g/mol. The molecule has 1 aromatic carbocycles. The lowest BCUT2D eigenvalue weighted by molar-refractivity contribution is 0.149. The van der Waals surface area contributed by atoms with E-state index in [1.165, 1.54) is 5.56 Å². The van der Waals surface area contributed by atoms with Crippen LogP contribution in [0.4, 0.5) is 0 Å². The summed E-state index contributed by atoms with van der Waals surface area (Å²) in [6.07, 6.45) is 0. The van der Waals surface area contributed by atoms with Gasteiger partial charge in [-0.15, -0.1) is 0 Å². The molecule has 0 unspecified atom stereocenters. The summed E-state index contributed by atoms with van der Waals surface area (Å²) in [5.74, 6) is 0. The molecule has 0 aliphatic heterocycles. The summed E-state index contributed by atoms with van der Waals surface area (Å²) < 4.78 is 6.15. The molecule has 15 heavy (non-hydrogen) atoms. The second-order valence-electron chi connectivity index (χ2n) is 3.12. The quantitative estimate of drug-likeness (QED) is 0.813. The second kappa shape index (κ2) is 7.23. The maximum atomic E-state index is 5.98. The largest absolute Gasteiger partial charge is 0.380 e. The molecule has 0 aliphatic carbocycles. The van der Waals surface area contributed by atoms with Crippen LogP contribution in [0, 0.1) is 0 Å². The van der Waals surface area contributed by atoms with E-state index in [0.717, 1.165) is 35.8 Å². The monoisotopic (exact) mass is 291 g/mol. The third-order valence-corrected chi connectivity index (χ3v) is 3.17. The Bertz CT molecular complexity index is 307. The van der Waals surface area contributed by atoms with Gasteiger partial charge in [0.15, 0.2) is 0 Å². The van der Waals surface area contributed by atoms with Gasteiger partial charge in [0.2, 0.25) is 0 Å². The maximum absolute atomic E-state index is 5.98. The molecule has 1 N–H and O–H groups in total. The summed E-state index contributed by atoms with van der Waals surface area (Å²) in [5, 5.41) is 4.03. The number of nitrogens with one attached hydrogen (secondary N) is 1. The predicted molar refractivity (Wildman–Crippen MR) is 67.4 cm³/mol. The molecule has 1 aromatic rings. The van der Waals surface area contributed by atoms with E-state index in [1.54, 1.807) is 0 Å².